The molecule has 2 amide bonds. The van der Waals surface area contributed by atoms with Gasteiger partial charge in [-0.1, -0.05) is 11.6 Å². The van der Waals surface area contributed by atoms with Gasteiger partial charge in [0.05, 0.1) is 24.3 Å². The summed E-state index contributed by atoms with van der Waals surface area (Å²) in [6, 6.07) is 6.99. The lowest BCUT2D eigenvalue weighted by Gasteiger charge is -2.07. The molecule has 1 aromatic heterocycles. The average molecular weight is 338 g/mol. The van der Waals surface area contributed by atoms with E-state index in [0.29, 0.717) is 5.76 Å². The van der Waals surface area contributed by atoms with E-state index in [1.54, 1.807) is 12.1 Å². The molecule has 2 N–H and O–H groups in total. The summed E-state index contributed by atoms with van der Waals surface area (Å²) in [4.78, 5) is 33.8. The number of amides is 2. The van der Waals surface area contributed by atoms with Gasteiger partial charge in [-0.3, -0.25) is 19.7 Å². The van der Waals surface area contributed by atoms with E-state index < -0.39 is 16.7 Å². The second-order valence-corrected chi connectivity index (χ2v) is 4.89. The van der Waals surface area contributed by atoms with Crippen molar-refractivity contribution in [3.63, 3.8) is 0 Å². The van der Waals surface area contributed by atoms with Gasteiger partial charge in [-0.05, 0) is 24.3 Å². The number of nitrogens with zero attached hydrogens (tertiary/aromatic N) is 1. The number of nitrogens with one attached hydrogen (secondary N) is 2. The molecule has 0 atom stereocenters. The molecule has 1 aromatic carbocycles. The number of halogens is 1. The summed E-state index contributed by atoms with van der Waals surface area (Å²) in [5.41, 5.74) is -0.593. The van der Waals surface area contributed by atoms with Crippen LogP contribution in [0.15, 0.2) is 41.0 Å². The van der Waals surface area contributed by atoms with E-state index in [0.717, 1.165) is 6.07 Å². The first-order valence-electron chi connectivity index (χ1n) is 6.48. The Morgan fingerprint density at radius 1 is 1.26 bits per heavy atom. The largest absolute Gasteiger partial charge is 0.467 e. The standard InChI is InChI=1S/C14H12ClN3O5/c15-9-3-4-12(18(21)22)11(6-9)14(20)17-8-13(19)16-7-10-2-1-5-23-10/h1-6H,7-8H2,(H,16,19)(H,17,20). The number of carbonyl (C=O) groups is 2. The van der Waals surface area contributed by atoms with E-state index in [2.05, 4.69) is 10.6 Å². The number of nitro groups is 1. The van der Waals surface area contributed by atoms with Gasteiger partial charge in [0.25, 0.3) is 11.6 Å². The van der Waals surface area contributed by atoms with Gasteiger partial charge < -0.3 is 15.1 Å². The number of rotatable bonds is 6. The Morgan fingerprint density at radius 3 is 2.70 bits per heavy atom. The molecule has 0 fully saturated rings. The van der Waals surface area contributed by atoms with Gasteiger partial charge in [-0.25, -0.2) is 0 Å². The highest BCUT2D eigenvalue weighted by Gasteiger charge is 2.20. The van der Waals surface area contributed by atoms with Gasteiger partial charge in [0.15, 0.2) is 0 Å². The Morgan fingerprint density at radius 2 is 2.04 bits per heavy atom. The number of hydrogen-bond donors (Lipinski definition) is 2. The third-order valence-corrected chi connectivity index (χ3v) is 3.08. The fraction of sp³-hybridized carbons (Fsp3) is 0.143. The van der Waals surface area contributed by atoms with E-state index in [1.165, 1.54) is 18.4 Å². The summed E-state index contributed by atoms with van der Waals surface area (Å²) >= 11 is 5.74. The van der Waals surface area contributed by atoms with E-state index in [9.17, 15) is 19.7 Å². The van der Waals surface area contributed by atoms with Crippen LogP contribution in [-0.4, -0.2) is 23.3 Å². The van der Waals surface area contributed by atoms with Crippen molar-refractivity contribution in [2.24, 2.45) is 0 Å². The molecular weight excluding hydrogens is 326 g/mol. The summed E-state index contributed by atoms with van der Waals surface area (Å²) < 4.78 is 5.04. The Hall–Kier alpha value is -2.87. The first kappa shape index (κ1) is 16.5. The maximum Gasteiger partial charge on any atom is 0.282 e. The fourth-order valence-corrected chi connectivity index (χ4v) is 1.94. The second-order valence-electron chi connectivity index (χ2n) is 4.46. The van der Waals surface area contributed by atoms with Crippen molar-refractivity contribution in [2.45, 2.75) is 6.54 Å². The molecule has 9 heteroatoms. The molecule has 0 saturated heterocycles. The number of hydrogen-bond acceptors (Lipinski definition) is 5. The lowest BCUT2D eigenvalue weighted by molar-refractivity contribution is -0.385. The van der Waals surface area contributed by atoms with Crippen LogP contribution in [0.25, 0.3) is 0 Å². The molecule has 0 aliphatic rings. The third-order valence-electron chi connectivity index (χ3n) is 2.85. The van der Waals surface area contributed by atoms with E-state index in [4.69, 9.17) is 16.0 Å². The van der Waals surface area contributed by atoms with Crippen molar-refractivity contribution in [1.29, 1.82) is 0 Å². The molecular formula is C14H12ClN3O5. The first-order valence-corrected chi connectivity index (χ1v) is 6.86. The second kappa shape index (κ2) is 7.41. The summed E-state index contributed by atoms with van der Waals surface area (Å²) in [5.74, 6) is -0.651. The molecule has 2 rings (SSSR count). The number of nitro benzene ring substituents is 1. The lowest BCUT2D eigenvalue weighted by Crippen LogP contribution is -2.36. The zero-order chi connectivity index (χ0) is 16.8. The van der Waals surface area contributed by atoms with Crippen LogP contribution in [0.2, 0.25) is 5.02 Å². The monoisotopic (exact) mass is 337 g/mol. The lowest BCUT2D eigenvalue weighted by atomic mass is 10.1. The highest BCUT2D eigenvalue weighted by atomic mass is 35.5. The Bertz CT molecular complexity index is 730. The fourth-order valence-electron chi connectivity index (χ4n) is 1.77. The van der Waals surface area contributed by atoms with Crippen molar-refractivity contribution in [2.75, 3.05) is 6.54 Å². The van der Waals surface area contributed by atoms with Crippen LogP contribution in [-0.2, 0) is 11.3 Å². The maximum atomic E-state index is 12.0. The summed E-state index contributed by atoms with van der Waals surface area (Å²) in [5, 5.41) is 15.9. The van der Waals surface area contributed by atoms with Crippen molar-refractivity contribution < 1.29 is 18.9 Å². The molecule has 0 aliphatic heterocycles. The summed E-state index contributed by atoms with van der Waals surface area (Å²) in [6.45, 7) is -0.151. The molecule has 0 bridgehead atoms. The molecule has 0 unspecified atom stereocenters. The molecule has 0 spiro atoms. The molecule has 0 saturated carbocycles. The minimum atomic E-state index is -0.757. The van der Waals surface area contributed by atoms with E-state index >= 15 is 0 Å². The van der Waals surface area contributed by atoms with Crippen LogP contribution < -0.4 is 10.6 Å². The third kappa shape index (κ3) is 4.55. The van der Waals surface area contributed by atoms with E-state index in [-0.39, 0.29) is 29.4 Å². The quantitative estimate of drug-likeness (QED) is 0.617. The highest BCUT2D eigenvalue weighted by molar-refractivity contribution is 6.31. The van der Waals surface area contributed by atoms with Crippen LogP contribution in [0, 0.1) is 10.1 Å². The van der Waals surface area contributed by atoms with Gasteiger partial charge in [0, 0.05) is 11.1 Å². The molecule has 23 heavy (non-hydrogen) atoms. The molecule has 0 radical (unpaired) electrons. The topological polar surface area (TPSA) is 114 Å². The Labute approximate surface area is 135 Å². The molecule has 1 heterocycles. The number of carbonyl (C=O) groups excluding carboxylic acids is 2. The van der Waals surface area contributed by atoms with Crippen molar-refractivity contribution in [3.8, 4) is 0 Å². The Kier molecular flexibility index (Phi) is 5.32. The van der Waals surface area contributed by atoms with E-state index in [1.807, 2.05) is 0 Å². The normalized spacial score (nSPS) is 10.1. The SMILES string of the molecule is O=C(CNC(=O)c1cc(Cl)ccc1[N+](=O)[O-])NCc1ccco1. The summed E-state index contributed by atoms with van der Waals surface area (Å²) in [7, 11) is 0. The predicted molar refractivity (Wildman–Crippen MR) is 81.0 cm³/mol. The predicted octanol–water partition coefficient (Wildman–Crippen LogP) is 1.89. The number of benzene rings is 1. The zero-order valence-electron chi connectivity index (χ0n) is 11.7. The molecule has 2 aromatic rings. The number of furan rings is 1. The highest BCUT2D eigenvalue weighted by Crippen LogP contribution is 2.22. The molecule has 0 aliphatic carbocycles. The van der Waals surface area contributed by atoms with Crippen LogP contribution in [0.4, 0.5) is 5.69 Å². The minimum Gasteiger partial charge on any atom is -0.467 e. The van der Waals surface area contributed by atoms with Crippen LogP contribution in [0.5, 0.6) is 0 Å². The first-order chi connectivity index (χ1) is 11.0. The van der Waals surface area contributed by atoms with Crippen molar-refractivity contribution in [3.05, 3.63) is 63.1 Å². The molecule has 8 nitrogen and oxygen atoms in total. The van der Waals surface area contributed by atoms with Gasteiger partial charge >= 0.3 is 0 Å². The maximum absolute atomic E-state index is 12.0. The Balaban J connectivity index is 1.93. The smallest absolute Gasteiger partial charge is 0.282 e. The van der Waals surface area contributed by atoms with Gasteiger partial charge in [0.1, 0.15) is 11.3 Å². The van der Waals surface area contributed by atoms with Crippen LogP contribution >= 0.6 is 11.6 Å². The van der Waals surface area contributed by atoms with Crippen LogP contribution in [0.1, 0.15) is 16.1 Å². The van der Waals surface area contributed by atoms with Gasteiger partial charge in [-0.2, -0.15) is 0 Å². The molecule has 120 valence electrons. The van der Waals surface area contributed by atoms with Crippen molar-refractivity contribution >= 4 is 29.1 Å². The van der Waals surface area contributed by atoms with Gasteiger partial charge in [-0.15, -0.1) is 0 Å². The van der Waals surface area contributed by atoms with Gasteiger partial charge in [0.2, 0.25) is 5.91 Å². The van der Waals surface area contributed by atoms with Crippen molar-refractivity contribution in [1.82, 2.24) is 10.6 Å². The minimum absolute atomic E-state index is 0.180. The zero-order valence-corrected chi connectivity index (χ0v) is 12.5. The average Bonchev–Trinajstić information content (AvgIpc) is 3.03. The summed E-state index contributed by atoms with van der Waals surface area (Å²) in [6.07, 6.45) is 1.47. The van der Waals surface area contributed by atoms with Crippen LogP contribution in [0.3, 0.4) is 0 Å².